The number of hydrogen-bond donors (Lipinski definition) is 1. The van der Waals surface area contributed by atoms with E-state index in [1.54, 1.807) is 18.1 Å². The van der Waals surface area contributed by atoms with Crippen LogP contribution in [0.5, 0.6) is 5.75 Å². The lowest BCUT2D eigenvalue weighted by molar-refractivity contribution is -0.385. The Balaban J connectivity index is 1.62. The van der Waals surface area contributed by atoms with Gasteiger partial charge >= 0.3 is 0 Å². The second kappa shape index (κ2) is 9.99. The van der Waals surface area contributed by atoms with Crippen LogP contribution in [0.2, 0.25) is 0 Å². The molecule has 0 spiro atoms. The fourth-order valence-corrected chi connectivity index (χ4v) is 4.38. The average Bonchev–Trinajstić information content (AvgIpc) is 2.79. The largest absolute Gasteiger partial charge is 0.496 e. The normalized spacial score (nSPS) is 14.5. The minimum absolute atomic E-state index is 0.0410. The van der Waals surface area contributed by atoms with Gasteiger partial charge in [-0.05, 0) is 25.0 Å². The van der Waals surface area contributed by atoms with Crippen molar-refractivity contribution in [2.24, 2.45) is 0 Å². The Hall–Kier alpha value is -3.47. The molecule has 0 saturated carbocycles. The zero-order chi connectivity index (χ0) is 24.2. The number of hydrogen-bond acceptors (Lipinski definition) is 7. The van der Waals surface area contributed by atoms with Crippen molar-refractivity contribution in [3.8, 4) is 5.75 Å². The highest BCUT2D eigenvalue weighted by Crippen LogP contribution is 2.22. The van der Waals surface area contributed by atoms with Crippen molar-refractivity contribution in [3.05, 3.63) is 63.7 Å². The highest BCUT2D eigenvalue weighted by atomic mass is 32.2. The fourth-order valence-electron chi connectivity index (χ4n) is 3.70. The lowest BCUT2D eigenvalue weighted by Crippen LogP contribution is -2.47. The summed E-state index contributed by atoms with van der Waals surface area (Å²) in [6.45, 7) is 0.894. The average molecular weight is 476 g/mol. The number of likely N-dealkylation sites (tertiary alicyclic amines) is 1. The Morgan fingerprint density at radius 3 is 2.45 bits per heavy atom. The molecular weight excluding hydrogens is 450 g/mol. The Labute approximate surface area is 191 Å². The first-order valence-electron chi connectivity index (χ1n) is 10.3. The molecule has 176 valence electrons. The van der Waals surface area contributed by atoms with E-state index in [9.17, 15) is 28.1 Å². The Bertz CT molecular complexity index is 1170. The van der Waals surface area contributed by atoms with Crippen LogP contribution in [0.25, 0.3) is 0 Å². The highest BCUT2D eigenvalue weighted by Gasteiger charge is 2.26. The summed E-state index contributed by atoms with van der Waals surface area (Å²) < 4.78 is 29.0. The summed E-state index contributed by atoms with van der Waals surface area (Å²) in [5.41, 5.74) is 0.229. The van der Waals surface area contributed by atoms with Crippen LogP contribution in [0.3, 0.4) is 0 Å². The van der Waals surface area contributed by atoms with Gasteiger partial charge in [0.25, 0.3) is 11.6 Å². The number of methoxy groups -OCH3 is 1. The second-order valence-corrected chi connectivity index (χ2v) is 9.88. The predicted molar refractivity (Wildman–Crippen MR) is 120 cm³/mol. The number of piperidine rings is 1. The Morgan fingerprint density at radius 2 is 1.85 bits per heavy atom. The second-order valence-electron chi connectivity index (χ2n) is 7.86. The van der Waals surface area contributed by atoms with Crippen LogP contribution in [-0.4, -0.2) is 62.6 Å². The lowest BCUT2D eigenvalue weighted by Gasteiger charge is -2.32. The first-order chi connectivity index (χ1) is 15.6. The van der Waals surface area contributed by atoms with Gasteiger partial charge in [0.15, 0.2) is 9.84 Å². The first-order valence-corrected chi connectivity index (χ1v) is 12.2. The molecule has 0 radical (unpaired) electrons. The van der Waals surface area contributed by atoms with Gasteiger partial charge in [-0.2, -0.15) is 0 Å². The smallest absolute Gasteiger partial charge is 0.271 e. The van der Waals surface area contributed by atoms with Crippen LogP contribution in [0.15, 0.2) is 47.4 Å². The van der Waals surface area contributed by atoms with E-state index < -0.39 is 26.4 Å². The van der Waals surface area contributed by atoms with E-state index in [2.05, 4.69) is 5.32 Å². The van der Waals surface area contributed by atoms with Gasteiger partial charge in [-0.25, -0.2) is 8.42 Å². The molecule has 2 aromatic carbocycles. The summed E-state index contributed by atoms with van der Waals surface area (Å²) in [6, 6.07) is 10.2. The molecule has 0 bridgehead atoms. The quantitative estimate of drug-likeness (QED) is 0.478. The number of ether oxygens (including phenoxy) is 1. The maximum atomic E-state index is 12.7. The number of para-hydroxylation sites is 1. The predicted octanol–water partition coefficient (Wildman–Crippen LogP) is 1.97. The Kier molecular flexibility index (Phi) is 7.32. The summed E-state index contributed by atoms with van der Waals surface area (Å²) in [4.78, 5) is 37.2. The summed E-state index contributed by atoms with van der Waals surface area (Å²) >= 11 is 0. The van der Waals surface area contributed by atoms with Crippen molar-refractivity contribution in [1.82, 2.24) is 10.2 Å². The zero-order valence-electron chi connectivity index (χ0n) is 18.3. The van der Waals surface area contributed by atoms with Gasteiger partial charge in [0, 0.05) is 48.6 Å². The van der Waals surface area contributed by atoms with Crippen LogP contribution in [0, 0.1) is 10.1 Å². The van der Waals surface area contributed by atoms with Crippen LogP contribution < -0.4 is 10.1 Å². The molecule has 1 heterocycles. The molecule has 0 atom stereocenters. The molecule has 1 N–H and O–H groups in total. The number of nitrogens with one attached hydrogen (secondary N) is 1. The summed E-state index contributed by atoms with van der Waals surface area (Å²) in [5, 5.41) is 13.9. The monoisotopic (exact) mass is 475 g/mol. The standard InChI is InChI=1S/C22H25N3O7S/c1-32-20-6-4-3-5-15(20)13-21(26)24-9-7-17(8-10-24)23-22(27)16-11-18(25(28)29)14-19(12-16)33(2,30)31/h3-6,11-12,14,17H,7-10,13H2,1-2H3,(H,23,27). The summed E-state index contributed by atoms with van der Waals surface area (Å²) in [7, 11) is -2.18. The van der Waals surface area contributed by atoms with Gasteiger partial charge in [0.05, 0.1) is 23.3 Å². The first kappa shape index (κ1) is 24.2. The molecule has 0 aliphatic carbocycles. The molecule has 2 amide bonds. The number of benzene rings is 2. The van der Waals surface area contributed by atoms with Gasteiger partial charge in [0.2, 0.25) is 5.91 Å². The topological polar surface area (TPSA) is 136 Å². The van der Waals surface area contributed by atoms with E-state index in [0.717, 1.165) is 30.0 Å². The van der Waals surface area contributed by atoms with Gasteiger partial charge in [0.1, 0.15) is 5.75 Å². The molecule has 2 aromatic rings. The van der Waals surface area contributed by atoms with Gasteiger partial charge in [-0.1, -0.05) is 18.2 Å². The number of rotatable bonds is 7. The molecular formula is C22H25N3O7S. The SMILES string of the molecule is COc1ccccc1CC(=O)N1CCC(NC(=O)c2cc([N+](=O)[O-])cc(S(C)(=O)=O)c2)CC1. The van der Waals surface area contributed by atoms with Gasteiger partial charge in [-0.3, -0.25) is 19.7 Å². The zero-order valence-corrected chi connectivity index (χ0v) is 19.1. The van der Waals surface area contributed by atoms with Crippen LogP contribution in [-0.2, 0) is 21.1 Å². The lowest BCUT2D eigenvalue weighted by atomic mass is 10.0. The third-order valence-corrected chi connectivity index (χ3v) is 6.60. The van der Waals surface area contributed by atoms with E-state index in [1.807, 2.05) is 18.2 Å². The number of amides is 2. The molecule has 1 aliphatic heterocycles. The van der Waals surface area contributed by atoms with Gasteiger partial charge in [-0.15, -0.1) is 0 Å². The fraction of sp³-hybridized carbons (Fsp3) is 0.364. The number of carbonyl (C=O) groups excluding carboxylic acids is 2. The van der Waals surface area contributed by atoms with E-state index >= 15 is 0 Å². The highest BCUT2D eigenvalue weighted by molar-refractivity contribution is 7.90. The molecule has 1 saturated heterocycles. The van der Waals surface area contributed by atoms with Crippen LogP contribution >= 0.6 is 0 Å². The minimum atomic E-state index is -3.73. The maximum absolute atomic E-state index is 12.7. The van der Waals surface area contributed by atoms with Crippen molar-refractivity contribution >= 4 is 27.3 Å². The molecule has 11 heteroatoms. The van der Waals surface area contributed by atoms with Crippen molar-refractivity contribution in [3.63, 3.8) is 0 Å². The number of nitro benzene ring substituents is 1. The summed E-state index contributed by atoms with van der Waals surface area (Å²) in [5.74, 6) is 0.0153. The molecule has 3 rings (SSSR count). The van der Waals surface area contributed by atoms with Crippen molar-refractivity contribution in [2.45, 2.75) is 30.2 Å². The van der Waals surface area contributed by atoms with E-state index in [-0.39, 0.29) is 28.8 Å². The van der Waals surface area contributed by atoms with Crippen molar-refractivity contribution in [1.29, 1.82) is 0 Å². The number of sulfone groups is 1. The summed E-state index contributed by atoms with van der Waals surface area (Å²) in [6.07, 6.45) is 2.16. The molecule has 1 aliphatic rings. The van der Waals surface area contributed by atoms with Crippen molar-refractivity contribution < 1.29 is 27.7 Å². The molecule has 33 heavy (non-hydrogen) atoms. The van der Waals surface area contributed by atoms with Crippen LogP contribution in [0.4, 0.5) is 5.69 Å². The minimum Gasteiger partial charge on any atom is -0.496 e. The Morgan fingerprint density at radius 1 is 1.18 bits per heavy atom. The van der Waals surface area contributed by atoms with Crippen molar-refractivity contribution in [2.75, 3.05) is 26.5 Å². The number of nitrogens with zero attached hydrogens (tertiary/aromatic N) is 2. The number of non-ortho nitro benzene ring substituents is 1. The third-order valence-electron chi connectivity index (χ3n) is 5.51. The molecule has 1 fully saturated rings. The van der Waals surface area contributed by atoms with E-state index in [0.29, 0.717) is 31.7 Å². The van der Waals surface area contributed by atoms with E-state index in [1.165, 1.54) is 0 Å². The molecule has 0 unspecified atom stereocenters. The van der Waals surface area contributed by atoms with Gasteiger partial charge < -0.3 is 15.0 Å². The molecule has 0 aromatic heterocycles. The van der Waals surface area contributed by atoms with E-state index in [4.69, 9.17) is 4.74 Å². The van der Waals surface area contributed by atoms with Crippen LogP contribution in [0.1, 0.15) is 28.8 Å². The third kappa shape index (κ3) is 6.07. The number of nitro groups is 1. The number of carbonyl (C=O) groups is 2. The maximum Gasteiger partial charge on any atom is 0.271 e. The molecule has 10 nitrogen and oxygen atoms in total.